The Hall–Kier alpha value is -3.78. The summed E-state index contributed by atoms with van der Waals surface area (Å²) in [6, 6.07) is 20.9. The summed E-state index contributed by atoms with van der Waals surface area (Å²) in [6.45, 7) is 7.46. The first-order valence-electron chi connectivity index (χ1n) is 13.2. The van der Waals surface area contributed by atoms with Crippen LogP contribution in [0.3, 0.4) is 0 Å². The third kappa shape index (κ3) is 6.50. The number of aryl methyl sites for hydroxylation is 2. The molecule has 1 heterocycles. The van der Waals surface area contributed by atoms with Gasteiger partial charge in [0.15, 0.2) is 11.4 Å². The van der Waals surface area contributed by atoms with Gasteiger partial charge in [-0.25, -0.2) is 9.59 Å². The Kier molecular flexibility index (Phi) is 8.88. The van der Waals surface area contributed by atoms with Gasteiger partial charge in [0.25, 0.3) is 0 Å². The Labute approximate surface area is 239 Å². The van der Waals surface area contributed by atoms with E-state index in [2.05, 4.69) is 0 Å². The highest BCUT2D eigenvalue weighted by Gasteiger charge is 2.42. The molecule has 0 saturated carbocycles. The number of carboxylic acid groups (broad SMARTS) is 1. The lowest BCUT2D eigenvalue weighted by atomic mass is 9.82. The maximum atomic E-state index is 13.8. The monoisotopic (exact) mass is 561 g/mol. The summed E-state index contributed by atoms with van der Waals surface area (Å²) in [4.78, 5) is 41.2. The Morgan fingerprint density at radius 1 is 0.975 bits per heavy atom. The summed E-state index contributed by atoms with van der Waals surface area (Å²) < 4.78 is 11.5. The lowest BCUT2D eigenvalue weighted by Crippen LogP contribution is -2.38. The summed E-state index contributed by atoms with van der Waals surface area (Å²) in [5.74, 6) is -1.32. The zero-order chi connectivity index (χ0) is 29.0. The number of likely N-dealkylation sites (tertiary alicyclic amines) is 1. The molecule has 1 aliphatic rings. The van der Waals surface area contributed by atoms with Gasteiger partial charge in [-0.15, -0.1) is 11.8 Å². The molecule has 1 fully saturated rings. The fourth-order valence-electron chi connectivity index (χ4n) is 4.99. The van der Waals surface area contributed by atoms with Gasteiger partial charge in [0.05, 0.1) is 0 Å². The number of hydrogen-bond acceptors (Lipinski definition) is 6. The largest absolute Gasteiger partial charge is 0.478 e. The van der Waals surface area contributed by atoms with Gasteiger partial charge in [0.2, 0.25) is 0 Å². The molecule has 1 aliphatic heterocycles. The van der Waals surface area contributed by atoms with Crippen molar-refractivity contribution in [2.24, 2.45) is 5.92 Å². The molecule has 2 unspecified atom stereocenters. The molecule has 4 rings (SSSR count). The second kappa shape index (κ2) is 12.2. The normalized spacial score (nSPS) is 17.0. The highest BCUT2D eigenvalue weighted by atomic mass is 32.2. The molecule has 40 heavy (non-hydrogen) atoms. The fraction of sp³-hybridized carbons (Fsp3) is 0.344. The molecule has 3 aromatic carbocycles. The Morgan fingerprint density at radius 3 is 2.17 bits per heavy atom. The number of hydrogen-bond donors (Lipinski definition) is 1. The Balaban J connectivity index is 1.63. The molecule has 7 nitrogen and oxygen atoms in total. The molecule has 0 aromatic heterocycles. The van der Waals surface area contributed by atoms with Crippen molar-refractivity contribution in [3.63, 3.8) is 0 Å². The molecule has 2 atom stereocenters. The van der Waals surface area contributed by atoms with Gasteiger partial charge >= 0.3 is 12.1 Å². The van der Waals surface area contributed by atoms with Crippen molar-refractivity contribution >= 4 is 29.6 Å². The van der Waals surface area contributed by atoms with Crippen molar-refractivity contribution in [2.45, 2.75) is 50.7 Å². The number of rotatable bonds is 9. The molecule has 210 valence electrons. The van der Waals surface area contributed by atoms with Crippen LogP contribution in [0.25, 0.3) is 0 Å². The SMILES string of the molecule is CSc1ccc(C(=O)C2CN(C(=O)OCc3ccccc3)CC2c2cc(C)c(OC(C)(C)C(=O)O)c(C)c2)cc1. The number of aliphatic carboxylic acids is 1. The average molecular weight is 562 g/mol. The van der Waals surface area contributed by atoms with Crippen LogP contribution in [0, 0.1) is 19.8 Å². The summed E-state index contributed by atoms with van der Waals surface area (Å²) >= 11 is 1.61. The minimum atomic E-state index is -1.40. The molecule has 1 N–H and O–H groups in total. The van der Waals surface area contributed by atoms with E-state index < -0.39 is 23.6 Å². The van der Waals surface area contributed by atoms with Crippen LogP contribution in [0.2, 0.25) is 0 Å². The topological polar surface area (TPSA) is 93.1 Å². The number of Topliss-reactive ketones (excluding diaryl/α,β-unsaturated/α-hetero) is 1. The fourth-order valence-corrected chi connectivity index (χ4v) is 5.40. The third-order valence-corrected chi connectivity index (χ3v) is 8.02. The quantitative estimate of drug-likeness (QED) is 0.235. The van der Waals surface area contributed by atoms with Crippen LogP contribution in [-0.4, -0.2) is 52.8 Å². The minimum Gasteiger partial charge on any atom is -0.478 e. The summed E-state index contributed by atoms with van der Waals surface area (Å²) in [5.41, 5.74) is 2.52. The van der Waals surface area contributed by atoms with Gasteiger partial charge in [-0.05, 0) is 68.3 Å². The highest BCUT2D eigenvalue weighted by molar-refractivity contribution is 7.98. The van der Waals surface area contributed by atoms with Crippen molar-refractivity contribution in [3.8, 4) is 5.75 Å². The van der Waals surface area contributed by atoms with Crippen LogP contribution in [0.5, 0.6) is 5.75 Å². The maximum Gasteiger partial charge on any atom is 0.410 e. The lowest BCUT2D eigenvalue weighted by molar-refractivity contribution is -0.152. The number of ether oxygens (including phenoxy) is 2. The molecule has 8 heteroatoms. The number of benzene rings is 3. The van der Waals surface area contributed by atoms with Gasteiger partial charge < -0.3 is 19.5 Å². The predicted octanol–water partition coefficient (Wildman–Crippen LogP) is 6.50. The Morgan fingerprint density at radius 2 is 1.60 bits per heavy atom. The molecule has 0 spiro atoms. The number of thioether (sulfide) groups is 1. The number of ketones is 1. The predicted molar refractivity (Wildman–Crippen MR) is 155 cm³/mol. The smallest absolute Gasteiger partial charge is 0.410 e. The van der Waals surface area contributed by atoms with E-state index >= 15 is 0 Å². The second-order valence-corrected chi connectivity index (χ2v) is 11.5. The molecule has 3 aromatic rings. The van der Waals surface area contributed by atoms with E-state index in [4.69, 9.17) is 9.47 Å². The van der Waals surface area contributed by atoms with Crippen molar-refractivity contribution in [2.75, 3.05) is 19.3 Å². The van der Waals surface area contributed by atoms with Crippen LogP contribution >= 0.6 is 11.8 Å². The second-order valence-electron chi connectivity index (χ2n) is 10.7. The van der Waals surface area contributed by atoms with E-state index in [1.807, 2.05) is 86.8 Å². The van der Waals surface area contributed by atoms with Crippen LogP contribution in [0.1, 0.15) is 52.4 Å². The summed E-state index contributed by atoms with van der Waals surface area (Å²) in [5, 5.41) is 9.53. The number of carboxylic acids is 1. The van der Waals surface area contributed by atoms with Gasteiger partial charge in [-0.1, -0.05) is 54.6 Å². The van der Waals surface area contributed by atoms with Gasteiger partial charge in [-0.2, -0.15) is 0 Å². The van der Waals surface area contributed by atoms with Crippen molar-refractivity contribution < 1.29 is 29.0 Å². The molecule has 1 amide bonds. The first-order chi connectivity index (χ1) is 19.0. The first-order valence-corrected chi connectivity index (χ1v) is 14.4. The first kappa shape index (κ1) is 29.2. The summed E-state index contributed by atoms with van der Waals surface area (Å²) in [6.07, 6.45) is 1.52. The molecule has 1 saturated heterocycles. The van der Waals surface area contributed by atoms with Crippen LogP contribution < -0.4 is 4.74 Å². The van der Waals surface area contributed by atoms with E-state index in [1.165, 1.54) is 13.8 Å². The van der Waals surface area contributed by atoms with Gasteiger partial charge in [0.1, 0.15) is 12.4 Å². The standard InChI is InChI=1S/C32H35NO6S/c1-20-15-24(16-21(2)29(20)39-32(3,4)30(35)36)26-17-33(31(37)38-19-22-9-7-6-8-10-22)18-27(26)28(34)23-11-13-25(40-5)14-12-23/h6-16,26-27H,17-19H2,1-5H3,(H,35,36). The maximum absolute atomic E-state index is 13.8. The average Bonchev–Trinajstić information content (AvgIpc) is 3.39. The van der Waals surface area contributed by atoms with Crippen molar-refractivity contribution in [3.05, 3.63) is 94.5 Å². The zero-order valence-electron chi connectivity index (χ0n) is 23.5. The number of carbonyl (C=O) groups is 3. The number of amides is 1. The van der Waals surface area contributed by atoms with Crippen molar-refractivity contribution in [1.29, 1.82) is 0 Å². The Bertz CT molecular complexity index is 1360. The van der Waals surface area contributed by atoms with Gasteiger partial charge in [0, 0.05) is 35.4 Å². The van der Waals surface area contributed by atoms with Gasteiger partial charge in [-0.3, -0.25) is 4.79 Å². The number of nitrogens with zero attached hydrogens (tertiary/aromatic N) is 1. The number of carbonyl (C=O) groups excluding carboxylic acids is 2. The zero-order valence-corrected chi connectivity index (χ0v) is 24.3. The third-order valence-electron chi connectivity index (χ3n) is 7.28. The van der Waals surface area contributed by atoms with E-state index in [1.54, 1.807) is 16.7 Å². The molecular weight excluding hydrogens is 526 g/mol. The molecule has 0 bridgehead atoms. The van der Waals surface area contributed by atoms with E-state index in [9.17, 15) is 19.5 Å². The highest BCUT2D eigenvalue weighted by Crippen LogP contribution is 2.39. The minimum absolute atomic E-state index is 0.0290. The molecular formula is C32H35NO6S. The van der Waals surface area contributed by atoms with Crippen LogP contribution in [0.15, 0.2) is 71.6 Å². The van der Waals surface area contributed by atoms with E-state index in [-0.39, 0.29) is 24.9 Å². The van der Waals surface area contributed by atoms with E-state index in [0.717, 1.165) is 27.1 Å². The van der Waals surface area contributed by atoms with Crippen molar-refractivity contribution in [1.82, 2.24) is 4.90 Å². The van der Waals surface area contributed by atoms with Crippen LogP contribution in [-0.2, 0) is 16.1 Å². The van der Waals surface area contributed by atoms with Crippen LogP contribution in [0.4, 0.5) is 4.79 Å². The van der Waals surface area contributed by atoms with E-state index in [0.29, 0.717) is 17.9 Å². The lowest BCUT2D eigenvalue weighted by Gasteiger charge is -2.26. The molecule has 0 radical (unpaired) electrons. The molecule has 0 aliphatic carbocycles. The summed E-state index contributed by atoms with van der Waals surface area (Å²) in [7, 11) is 0.